The molecule has 1 unspecified atom stereocenters. The summed E-state index contributed by atoms with van der Waals surface area (Å²) in [7, 11) is 0. The Labute approximate surface area is 95.0 Å². The molecule has 1 aliphatic rings. The number of nitrogens with zero attached hydrogens (tertiary/aromatic N) is 2. The molecule has 1 saturated heterocycles. The minimum absolute atomic E-state index is 0.196. The summed E-state index contributed by atoms with van der Waals surface area (Å²) in [5, 5.41) is 0. The predicted octanol–water partition coefficient (Wildman–Crippen LogP) is 1.18. The van der Waals surface area contributed by atoms with Gasteiger partial charge in [-0.25, -0.2) is 4.98 Å². The molecule has 0 aromatic carbocycles. The van der Waals surface area contributed by atoms with Gasteiger partial charge in [0.2, 0.25) is 5.88 Å². The van der Waals surface area contributed by atoms with Gasteiger partial charge in [0.15, 0.2) is 0 Å². The Morgan fingerprint density at radius 1 is 1.56 bits per heavy atom. The highest BCUT2D eigenvalue weighted by molar-refractivity contribution is 5.32. The van der Waals surface area contributed by atoms with E-state index in [9.17, 15) is 0 Å². The fourth-order valence-corrected chi connectivity index (χ4v) is 1.68. The summed E-state index contributed by atoms with van der Waals surface area (Å²) in [4.78, 5) is 8.33. The average molecular weight is 223 g/mol. The zero-order chi connectivity index (χ0) is 11.4. The number of hydrogen-bond acceptors (Lipinski definition) is 5. The quantitative estimate of drug-likeness (QED) is 0.830. The molecule has 2 heterocycles. The van der Waals surface area contributed by atoms with Gasteiger partial charge < -0.3 is 15.2 Å². The average Bonchev–Trinajstić information content (AvgIpc) is 2.78. The summed E-state index contributed by atoms with van der Waals surface area (Å²) in [5.41, 5.74) is 5.66. The van der Waals surface area contributed by atoms with Gasteiger partial charge >= 0.3 is 0 Å². The SMILES string of the molecule is CCc1nc(N)cc(OCC2CCCO2)n1. The van der Waals surface area contributed by atoms with Crippen LogP contribution in [0.25, 0.3) is 0 Å². The third-order valence-corrected chi connectivity index (χ3v) is 2.53. The van der Waals surface area contributed by atoms with Gasteiger partial charge in [-0.2, -0.15) is 4.98 Å². The first kappa shape index (κ1) is 11.1. The van der Waals surface area contributed by atoms with E-state index in [1.807, 2.05) is 6.92 Å². The molecule has 0 bridgehead atoms. The molecule has 0 radical (unpaired) electrons. The fraction of sp³-hybridized carbons (Fsp3) is 0.636. The van der Waals surface area contributed by atoms with Crippen molar-refractivity contribution >= 4 is 5.82 Å². The van der Waals surface area contributed by atoms with E-state index in [1.165, 1.54) is 0 Å². The third-order valence-electron chi connectivity index (χ3n) is 2.53. The van der Waals surface area contributed by atoms with Crippen molar-refractivity contribution in [3.05, 3.63) is 11.9 Å². The number of ether oxygens (including phenoxy) is 2. The van der Waals surface area contributed by atoms with Crippen LogP contribution in [-0.4, -0.2) is 29.3 Å². The molecule has 5 heteroatoms. The predicted molar refractivity (Wildman–Crippen MR) is 60.3 cm³/mol. The Bertz CT molecular complexity index is 351. The highest BCUT2D eigenvalue weighted by Gasteiger charge is 2.16. The van der Waals surface area contributed by atoms with Gasteiger partial charge in [0.05, 0.1) is 6.10 Å². The van der Waals surface area contributed by atoms with Gasteiger partial charge in [0, 0.05) is 19.1 Å². The maximum Gasteiger partial charge on any atom is 0.218 e. The van der Waals surface area contributed by atoms with E-state index >= 15 is 0 Å². The van der Waals surface area contributed by atoms with Crippen molar-refractivity contribution in [3.8, 4) is 5.88 Å². The second-order valence-electron chi connectivity index (χ2n) is 3.85. The summed E-state index contributed by atoms with van der Waals surface area (Å²) >= 11 is 0. The van der Waals surface area contributed by atoms with Crippen LogP contribution in [0.3, 0.4) is 0 Å². The Morgan fingerprint density at radius 2 is 2.44 bits per heavy atom. The van der Waals surface area contributed by atoms with Gasteiger partial charge in [-0.1, -0.05) is 6.92 Å². The number of anilines is 1. The Kier molecular flexibility index (Phi) is 3.56. The zero-order valence-electron chi connectivity index (χ0n) is 9.48. The molecular formula is C11H17N3O2. The van der Waals surface area contributed by atoms with Crippen molar-refractivity contribution < 1.29 is 9.47 Å². The molecule has 1 atom stereocenters. The third kappa shape index (κ3) is 2.82. The van der Waals surface area contributed by atoms with Crippen molar-refractivity contribution in [2.75, 3.05) is 18.9 Å². The maximum atomic E-state index is 5.66. The number of aromatic nitrogens is 2. The number of hydrogen-bond donors (Lipinski definition) is 1. The first-order valence-electron chi connectivity index (χ1n) is 5.65. The van der Waals surface area contributed by atoms with Crippen LogP contribution in [0, 0.1) is 0 Å². The Morgan fingerprint density at radius 3 is 3.12 bits per heavy atom. The zero-order valence-corrected chi connectivity index (χ0v) is 9.48. The lowest BCUT2D eigenvalue weighted by Gasteiger charge is -2.11. The van der Waals surface area contributed by atoms with Crippen LogP contribution < -0.4 is 10.5 Å². The van der Waals surface area contributed by atoms with Crippen molar-refractivity contribution in [1.29, 1.82) is 0 Å². The van der Waals surface area contributed by atoms with Crippen LogP contribution in [-0.2, 0) is 11.2 Å². The van der Waals surface area contributed by atoms with Crippen molar-refractivity contribution in [3.63, 3.8) is 0 Å². The number of rotatable bonds is 4. The van der Waals surface area contributed by atoms with E-state index in [0.717, 1.165) is 25.9 Å². The summed E-state index contributed by atoms with van der Waals surface area (Å²) in [6.07, 6.45) is 3.11. The Balaban J connectivity index is 1.94. The van der Waals surface area contributed by atoms with E-state index in [2.05, 4.69) is 9.97 Å². The van der Waals surface area contributed by atoms with E-state index in [1.54, 1.807) is 6.07 Å². The smallest absolute Gasteiger partial charge is 0.218 e. The second kappa shape index (κ2) is 5.12. The summed E-state index contributed by atoms with van der Waals surface area (Å²) < 4.78 is 11.0. The molecule has 88 valence electrons. The number of nitrogen functional groups attached to an aromatic ring is 1. The highest BCUT2D eigenvalue weighted by atomic mass is 16.5. The van der Waals surface area contributed by atoms with Crippen LogP contribution >= 0.6 is 0 Å². The van der Waals surface area contributed by atoms with Gasteiger partial charge in [-0.05, 0) is 12.8 Å². The molecule has 0 amide bonds. The molecule has 0 spiro atoms. The van der Waals surface area contributed by atoms with E-state index in [-0.39, 0.29) is 6.10 Å². The molecule has 0 saturated carbocycles. The molecule has 1 fully saturated rings. The van der Waals surface area contributed by atoms with Crippen molar-refractivity contribution in [1.82, 2.24) is 9.97 Å². The molecule has 2 N–H and O–H groups in total. The van der Waals surface area contributed by atoms with Crippen LogP contribution in [0.4, 0.5) is 5.82 Å². The van der Waals surface area contributed by atoms with Crippen LogP contribution in [0.1, 0.15) is 25.6 Å². The fourth-order valence-electron chi connectivity index (χ4n) is 1.68. The lowest BCUT2D eigenvalue weighted by molar-refractivity contribution is 0.0662. The van der Waals surface area contributed by atoms with Crippen LogP contribution in [0.2, 0.25) is 0 Å². The first-order chi connectivity index (χ1) is 7.78. The van der Waals surface area contributed by atoms with Gasteiger partial charge in [-0.3, -0.25) is 0 Å². The summed E-state index contributed by atoms with van der Waals surface area (Å²) in [5.74, 6) is 1.70. The molecule has 5 nitrogen and oxygen atoms in total. The molecular weight excluding hydrogens is 206 g/mol. The number of nitrogens with two attached hydrogens (primary N) is 1. The monoisotopic (exact) mass is 223 g/mol. The first-order valence-corrected chi connectivity index (χ1v) is 5.65. The van der Waals surface area contributed by atoms with E-state index in [0.29, 0.717) is 24.1 Å². The Hall–Kier alpha value is -1.36. The van der Waals surface area contributed by atoms with E-state index in [4.69, 9.17) is 15.2 Å². The van der Waals surface area contributed by atoms with Gasteiger partial charge in [0.1, 0.15) is 18.2 Å². The molecule has 16 heavy (non-hydrogen) atoms. The topological polar surface area (TPSA) is 70.3 Å². The van der Waals surface area contributed by atoms with Crippen LogP contribution in [0.15, 0.2) is 6.07 Å². The van der Waals surface area contributed by atoms with E-state index < -0.39 is 0 Å². The molecule has 0 aliphatic carbocycles. The van der Waals surface area contributed by atoms with Gasteiger partial charge in [-0.15, -0.1) is 0 Å². The molecule has 1 aliphatic heterocycles. The summed E-state index contributed by atoms with van der Waals surface area (Å²) in [6, 6.07) is 1.65. The minimum atomic E-state index is 0.196. The second-order valence-corrected chi connectivity index (χ2v) is 3.85. The van der Waals surface area contributed by atoms with Crippen molar-refractivity contribution in [2.24, 2.45) is 0 Å². The van der Waals surface area contributed by atoms with Gasteiger partial charge in [0.25, 0.3) is 0 Å². The number of aryl methyl sites for hydroxylation is 1. The van der Waals surface area contributed by atoms with Crippen molar-refractivity contribution in [2.45, 2.75) is 32.3 Å². The lowest BCUT2D eigenvalue weighted by Crippen LogP contribution is -2.17. The highest BCUT2D eigenvalue weighted by Crippen LogP contribution is 2.15. The lowest BCUT2D eigenvalue weighted by atomic mass is 10.2. The minimum Gasteiger partial charge on any atom is -0.475 e. The summed E-state index contributed by atoms with van der Waals surface area (Å²) in [6.45, 7) is 3.36. The molecule has 1 aromatic heterocycles. The van der Waals surface area contributed by atoms with Crippen LogP contribution in [0.5, 0.6) is 5.88 Å². The standard InChI is InChI=1S/C11H17N3O2/c1-2-10-13-9(12)6-11(14-10)16-7-8-4-3-5-15-8/h6,8H,2-5,7H2,1H3,(H2,12,13,14). The molecule has 2 rings (SSSR count). The molecule has 1 aromatic rings. The maximum absolute atomic E-state index is 5.66. The largest absolute Gasteiger partial charge is 0.475 e. The normalized spacial score (nSPS) is 19.9.